The molecule has 0 aromatic carbocycles. The largest absolute Gasteiger partial charge is 0.329 e. The van der Waals surface area contributed by atoms with E-state index in [1.807, 2.05) is 20.8 Å². The first-order valence-corrected chi connectivity index (χ1v) is 3.65. The summed E-state index contributed by atoms with van der Waals surface area (Å²) in [5.74, 6) is 0. The van der Waals surface area contributed by atoms with Crippen LogP contribution in [0.5, 0.6) is 0 Å². The normalized spacial score (nSPS) is 23.4. The summed E-state index contributed by atoms with van der Waals surface area (Å²) >= 11 is 0. The van der Waals surface area contributed by atoms with Gasteiger partial charge in [-0.3, -0.25) is 0 Å². The van der Waals surface area contributed by atoms with Gasteiger partial charge in [0.15, 0.2) is 0 Å². The van der Waals surface area contributed by atoms with E-state index in [4.69, 9.17) is 17.2 Å². The van der Waals surface area contributed by atoms with Gasteiger partial charge in [-0.15, -0.1) is 0 Å². The van der Waals surface area contributed by atoms with E-state index in [-0.39, 0.29) is 5.54 Å². The summed E-state index contributed by atoms with van der Waals surface area (Å²) in [5, 5.41) is 0. The Bertz CT molecular complexity index is 93.4. The second-order valence-corrected chi connectivity index (χ2v) is 3.39. The molecule has 0 aliphatic rings. The first-order valence-electron chi connectivity index (χ1n) is 3.65. The quantitative estimate of drug-likeness (QED) is 0.514. The molecule has 0 aliphatic carbocycles. The van der Waals surface area contributed by atoms with E-state index in [2.05, 4.69) is 0 Å². The lowest BCUT2D eigenvalue weighted by Crippen LogP contribution is -2.65. The Kier molecular flexibility index (Phi) is 2.83. The predicted octanol–water partition coefficient (Wildman–Crippen LogP) is -0.210. The van der Waals surface area contributed by atoms with Crippen LogP contribution in [0.4, 0.5) is 0 Å². The second kappa shape index (κ2) is 2.86. The second-order valence-electron chi connectivity index (χ2n) is 3.39. The van der Waals surface area contributed by atoms with Crippen molar-refractivity contribution in [3.63, 3.8) is 0 Å². The van der Waals surface area contributed by atoms with Crippen molar-refractivity contribution in [2.75, 3.05) is 6.54 Å². The first-order chi connectivity index (χ1) is 4.37. The number of nitrogens with two attached hydrogens (primary N) is 3. The van der Waals surface area contributed by atoms with Gasteiger partial charge in [0.25, 0.3) is 0 Å². The highest BCUT2D eigenvalue weighted by atomic mass is 14.9. The van der Waals surface area contributed by atoms with Gasteiger partial charge in [-0.25, -0.2) is 0 Å². The predicted molar refractivity (Wildman–Crippen MR) is 44.5 cm³/mol. The van der Waals surface area contributed by atoms with Crippen LogP contribution in [0.3, 0.4) is 0 Å². The zero-order valence-electron chi connectivity index (χ0n) is 7.15. The van der Waals surface area contributed by atoms with E-state index in [1.54, 1.807) is 0 Å². The van der Waals surface area contributed by atoms with Crippen molar-refractivity contribution in [1.82, 2.24) is 0 Å². The van der Waals surface area contributed by atoms with Crippen molar-refractivity contribution in [2.45, 2.75) is 38.3 Å². The molecule has 3 nitrogen and oxygen atoms in total. The fourth-order valence-electron chi connectivity index (χ4n) is 0.637. The van der Waals surface area contributed by atoms with Crippen molar-refractivity contribution in [1.29, 1.82) is 0 Å². The minimum Gasteiger partial charge on any atom is -0.329 e. The Morgan fingerprint density at radius 1 is 1.10 bits per heavy atom. The van der Waals surface area contributed by atoms with Gasteiger partial charge in [0.2, 0.25) is 0 Å². The van der Waals surface area contributed by atoms with Crippen LogP contribution in [0, 0.1) is 0 Å². The number of hydrogen-bond donors (Lipinski definition) is 3. The lowest BCUT2D eigenvalue weighted by Gasteiger charge is -2.39. The topological polar surface area (TPSA) is 78.1 Å². The summed E-state index contributed by atoms with van der Waals surface area (Å²) < 4.78 is 0. The molecule has 0 fully saturated rings. The Morgan fingerprint density at radius 3 is 1.60 bits per heavy atom. The molecule has 0 aromatic rings. The van der Waals surface area contributed by atoms with Gasteiger partial charge in [-0.05, 0) is 20.3 Å². The lowest BCUT2D eigenvalue weighted by molar-refractivity contribution is 0.259. The Morgan fingerprint density at radius 2 is 1.50 bits per heavy atom. The van der Waals surface area contributed by atoms with Crippen LogP contribution >= 0.6 is 0 Å². The summed E-state index contributed by atoms with van der Waals surface area (Å²) in [7, 11) is 0. The average Bonchev–Trinajstić information content (AvgIpc) is 1.88. The van der Waals surface area contributed by atoms with Crippen LogP contribution in [0.15, 0.2) is 0 Å². The van der Waals surface area contributed by atoms with Crippen LogP contribution in [-0.4, -0.2) is 17.6 Å². The van der Waals surface area contributed by atoms with Crippen LogP contribution in [0.1, 0.15) is 27.2 Å². The van der Waals surface area contributed by atoms with Gasteiger partial charge in [-0.1, -0.05) is 6.92 Å². The molecule has 6 N–H and O–H groups in total. The Hall–Kier alpha value is -0.120. The maximum absolute atomic E-state index is 5.90. The fourth-order valence-corrected chi connectivity index (χ4v) is 0.637. The van der Waals surface area contributed by atoms with Gasteiger partial charge in [0.05, 0.1) is 0 Å². The number of hydrogen-bond acceptors (Lipinski definition) is 3. The van der Waals surface area contributed by atoms with Crippen LogP contribution in [-0.2, 0) is 0 Å². The van der Waals surface area contributed by atoms with Crippen LogP contribution in [0.25, 0.3) is 0 Å². The molecule has 0 heterocycles. The average molecular weight is 145 g/mol. The highest BCUT2D eigenvalue weighted by Crippen LogP contribution is 2.18. The van der Waals surface area contributed by atoms with Crippen molar-refractivity contribution >= 4 is 0 Å². The molecule has 2 atom stereocenters. The van der Waals surface area contributed by atoms with E-state index < -0.39 is 5.54 Å². The SMILES string of the molecule is CCC(C)(N)C(C)(N)CN. The van der Waals surface area contributed by atoms with Gasteiger partial charge in [0, 0.05) is 17.6 Å². The molecule has 0 rings (SSSR count). The summed E-state index contributed by atoms with van der Waals surface area (Å²) in [5.41, 5.74) is 16.4. The zero-order valence-corrected chi connectivity index (χ0v) is 7.15. The number of rotatable bonds is 3. The fraction of sp³-hybridized carbons (Fsp3) is 1.00. The van der Waals surface area contributed by atoms with Crippen molar-refractivity contribution in [3.05, 3.63) is 0 Å². The molecule has 3 heteroatoms. The maximum Gasteiger partial charge on any atom is 0.0429 e. The third kappa shape index (κ3) is 1.68. The standard InChI is InChI=1S/C7H19N3/c1-4-6(2,9)7(3,10)5-8/h4-5,8-10H2,1-3H3. The monoisotopic (exact) mass is 145 g/mol. The van der Waals surface area contributed by atoms with E-state index >= 15 is 0 Å². The molecule has 0 saturated heterocycles. The van der Waals surface area contributed by atoms with E-state index in [9.17, 15) is 0 Å². The van der Waals surface area contributed by atoms with Crippen molar-refractivity contribution in [3.8, 4) is 0 Å². The smallest absolute Gasteiger partial charge is 0.0429 e. The summed E-state index contributed by atoms with van der Waals surface area (Å²) in [6.45, 7) is 6.25. The van der Waals surface area contributed by atoms with E-state index in [0.29, 0.717) is 6.54 Å². The first kappa shape index (κ1) is 9.88. The maximum atomic E-state index is 5.90. The molecule has 62 valence electrons. The molecule has 0 spiro atoms. The van der Waals surface area contributed by atoms with E-state index in [0.717, 1.165) is 6.42 Å². The van der Waals surface area contributed by atoms with Gasteiger partial charge in [0.1, 0.15) is 0 Å². The molecule has 0 amide bonds. The Labute approximate surface area is 62.9 Å². The molecular formula is C7H19N3. The third-order valence-electron chi connectivity index (χ3n) is 2.46. The molecule has 0 aliphatic heterocycles. The molecule has 0 saturated carbocycles. The highest BCUT2D eigenvalue weighted by Gasteiger charge is 2.35. The molecular weight excluding hydrogens is 126 g/mol. The third-order valence-corrected chi connectivity index (χ3v) is 2.46. The van der Waals surface area contributed by atoms with Crippen molar-refractivity contribution in [2.24, 2.45) is 17.2 Å². The van der Waals surface area contributed by atoms with Crippen LogP contribution < -0.4 is 17.2 Å². The van der Waals surface area contributed by atoms with Crippen molar-refractivity contribution < 1.29 is 0 Å². The highest BCUT2D eigenvalue weighted by molar-refractivity contribution is 5.01. The summed E-state index contributed by atoms with van der Waals surface area (Å²) in [6, 6.07) is 0. The summed E-state index contributed by atoms with van der Waals surface area (Å²) in [4.78, 5) is 0. The lowest BCUT2D eigenvalue weighted by atomic mass is 9.79. The minimum atomic E-state index is -0.457. The molecule has 0 bridgehead atoms. The van der Waals surface area contributed by atoms with Gasteiger partial charge >= 0.3 is 0 Å². The molecule has 2 unspecified atom stereocenters. The molecule has 0 radical (unpaired) electrons. The Balaban J connectivity index is 4.28. The summed E-state index contributed by atoms with van der Waals surface area (Å²) in [6.07, 6.45) is 0.844. The van der Waals surface area contributed by atoms with Gasteiger partial charge < -0.3 is 17.2 Å². The van der Waals surface area contributed by atoms with Crippen LogP contribution in [0.2, 0.25) is 0 Å². The molecule has 10 heavy (non-hydrogen) atoms. The van der Waals surface area contributed by atoms with E-state index in [1.165, 1.54) is 0 Å². The minimum absolute atomic E-state index is 0.359. The molecule has 0 aromatic heterocycles. The zero-order chi connectivity index (χ0) is 8.41. The van der Waals surface area contributed by atoms with Gasteiger partial charge in [-0.2, -0.15) is 0 Å².